The highest BCUT2D eigenvalue weighted by Gasteiger charge is 2.24. The Balaban J connectivity index is 1.16. The number of nitrogens with one attached hydrogen (secondary N) is 1. The minimum absolute atomic E-state index is 0.153. The van der Waals surface area contributed by atoms with Crippen LogP contribution in [0.1, 0.15) is 24.2 Å². The van der Waals surface area contributed by atoms with E-state index in [9.17, 15) is 14.5 Å². The molecule has 11 nitrogen and oxygen atoms in total. The van der Waals surface area contributed by atoms with Crippen LogP contribution in [0.3, 0.4) is 0 Å². The summed E-state index contributed by atoms with van der Waals surface area (Å²) in [4.78, 5) is 30.4. The first-order chi connectivity index (χ1) is 22.9. The molecule has 1 N–H and O–H groups in total. The number of nitriles is 1. The van der Waals surface area contributed by atoms with Gasteiger partial charge in [0.1, 0.15) is 23.9 Å². The van der Waals surface area contributed by atoms with Gasteiger partial charge in [0, 0.05) is 54.7 Å². The van der Waals surface area contributed by atoms with E-state index < -0.39 is 10.7 Å². The van der Waals surface area contributed by atoms with Crippen LogP contribution in [0.25, 0.3) is 39.2 Å². The first-order valence-corrected chi connectivity index (χ1v) is 15.1. The summed E-state index contributed by atoms with van der Waals surface area (Å²) >= 11 is 0. The summed E-state index contributed by atoms with van der Waals surface area (Å²) in [6.07, 6.45) is 8.00. The lowest BCUT2D eigenvalue weighted by Gasteiger charge is -2.32. The zero-order chi connectivity index (χ0) is 32.3. The normalized spacial score (nSPS) is 13.8. The zero-order valence-corrected chi connectivity index (χ0v) is 25.1. The Hall–Kier alpha value is -6.06. The maximum absolute atomic E-state index is 13.6. The van der Waals surface area contributed by atoms with Gasteiger partial charge in [0.25, 0.3) is 0 Å². The van der Waals surface area contributed by atoms with Gasteiger partial charge in [-0.15, -0.1) is 0 Å². The third-order valence-corrected chi connectivity index (χ3v) is 8.37. The van der Waals surface area contributed by atoms with Crippen molar-refractivity contribution >= 4 is 17.2 Å². The molecule has 0 spiro atoms. The number of likely N-dealkylation sites (tertiary alicyclic amines) is 1. The van der Waals surface area contributed by atoms with Gasteiger partial charge in [0.2, 0.25) is 5.82 Å². The van der Waals surface area contributed by atoms with Crippen molar-refractivity contribution in [3.63, 3.8) is 0 Å². The van der Waals surface area contributed by atoms with Gasteiger partial charge in [0.05, 0.1) is 23.1 Å². The second kappa shape index (κ2) is 12.7. The summed E-state index contributed by atoms with van der Waals surface area (Å²) in [5, 5.41) is 24.5. The molecule has 47 heavy (non-hydrogen) atoms. The summed E-state index contributed by atoms with van der Waals surface area (Å²) in [6, 6.07) is 24.5. The molecular weight excluding hydrogens is 597 g/mol. The number of benzene rings is 1. The predicted molar refractivity (Wildman–Crippen MR) is 175 cm³/mol. The standard InChI is InChI=1S/C35H28FN9O2/c36-26-8-10-31(40-20-26)25-7-9-28-18-30(29-2-1-14-39-35(29)45(46)47)34(44(28)22-25)24-5-3-23(4-6-24)21-43-16-12-27(13-17-43)41-32-11-15-38-33(19-37)42-32/h1-11,14-15,18,20,22,27H,12-13,16-17,21H2,(H,38,41,42). The Kier molecular flexibility index (Phi) is 8.04. The molecule has 0 radical (unpaired) electrons. The lowest BCUT2D eigenvalue weighted by molar-refractivity contribution is -0.388. The van der Waals surface area contributed by atoms with Crippen molar-refractivity contribution < 1.29 is 9.31 Å². The number of hydrogen-bond acceptors (Lipinski definition) is 9. The van der Waals surface area contributed by atoms with Gasteiger partial charge >= 0.3 is 5.82 Å². The molecular formula is C35H28FN9O2. The van der Waals surface area contributed by atoms with Gasteiger partial charge in [-0.05, 0) is 82.4 Å². The first kappa shape index (κ1) is 29.6. The summed E-state index contributed by atoms with van der Waals surface area (Å²) < 4.78 is 15.6. The summed E-state index contributed by atoms with van der Waals surface area (Å²) in [5.41, 5.74) is 6.15. The van der Waals surface area contributed by atoms with Gasteiger partial charge in [-0.25, -0.2) is 14.4 Å². The van der Waals surface area contributed by atoms with Gasteiger partial charge in [-0.1, -0.05) is 24.3 Å². The van der Waals surface area contributed by atoms with E-state index in [1.165, 1.54) is 18.5 Å². The molecule has 0 amide bonds. The van der Waals surface area contributed by atoms with Crippen molar-refractivity contribution in [2.75, 3.05) is 18.4 Å². The largest absolute Gasteiger partial charge is 0.371 e. The van der Waals surface area contributed by atoms with Crippen LogP contribution in [0.2, 0.25) is 0 Å². The summed E-state index contributed by atoms with van der Waals surface area (Å²) in [6.45, 7) is 2.61. The van der Waals surface area contributed by atoms with E-state index >= 15 is 0 Å². The predicted octanol–water partition coefficient (Wildman–Crippen LogP) is 6.52. The Bertz CT molecular complexity index is 2120. The van der Waals surface area contributed by atoms with Crippen molar-refractivity contribution in [2.45, 2.75) is 25.4 Å². The van der Waals surface area contributed by atoms with E-state index in [0.29, 0.717) is 22.6 Å². The van der Waals surface area contributed by atoms with Crippen LogP contribution in [0, 0.1) is 27.3 Å². The molecule has 0 unspecified atom stereocenters. The van der Waals surface area contributed by atoms with E-state index in [-0.39, 0.29) is 17.7 Å². The molecule has 12 heteroatoms. The van der Waals surface area contributed by atoms with Gasteiger partial charge in [0.15, 0.2) is 0 Å². The quantitative estimate of drug-likeness (QED) is 0.148. The Morgan fingerprint density at radius 1 is 0.957 bits per heavy atom. The van der Waals surface area contributed by atoms with Crippen LogP contribution in [0.5, 0.6) is 0 Å². The molecule has 1 aliphatic rings. The van der Waals surface area contributed by atoms with Crippen molar-refractivity contribution in [2.24, 2.45) is 0 Å². The lowest BCUT2D eigenvalue weighted by Crippen LogP contribution is -2.38. The molecule has 1 fully saturated rings. The molecule has 0 saturated carbocycles. The van der Waals surface area contributed by atoms with Crippen LogP contribution >= 0.6 is 0 Å². The Labute approximate surface area is 269 Å². The number of anilines is 1. The molecule has 0 atom stereocenters. The smallest absolute Gasteiger partial charge is 0.367 e. The highest BCUT2D eigenvalue weighted by Crippen LogP contribution is 2.39. The molecule has 0 aliphatic carbocycles. The van der Waals surface area contributed by atoms with E-state index in [4.69, 9.17) is 5.26 Å². The number of piperidine rings is 1. The SMILES string of the molecule is N#Cc1nccc(NC2CCN(Cc3ccc(-c4c(-c5cccnc5[N+](=O)[O-])cc5ccc(-c6ccc(F)cn6)cn45)cc3)CC2)n1. The number of pyridine rings is 3. The van der Waals surface area contributed by atoms with Crippen LogP contribution < -0.4 is 5.32 Å². The average Bonchev–Trinajstić information content (AvgIpc) is 3.48. The number of rotatable bonds is 8. The van der Waals surface area contributed by atoms with Gasteiger partial charge < -0.3 is 19.8 Å². The fourth-order valence-electron chi connectivity index (χ4n) is 6.08. The van der Waals surface area contributed by atoms with Crippen LogP contribution in [-0.4, -0.2) is 53.3 Å². The van der Waals surface area contributed by atoms with E-state index in [1.807, 2.05) is 47.0 Å². The maximum Gasteiger partial charge on any atom is 0.371 e. The molecule has 1 saturated heterocycles. The second-order valence-corrected chi connectivity index (χ2v) is 11.4. The number of hydrogen-bond donors (Lipinski definition) is 1. The number of nitrogens with zero attached hydrogens (tertiary/aromatic N) is 8. The minimum Gasteiger partial charge on any atom is -0.367 e. The van der Waals surface area contributed by atoms with Crippen molar-refractivity contribution in [1.29, 1.82) is 5.26 Å². The van der Waals surface area contributed by atoms with Crippen LogP contribution in [0.4, 0.5) is 16.0 Å². The molecule has 7 rings (SSSR count). The van der Waals surface area contributed by atoms with Gasteiger partial charge in [-0.2, -0.15) is 5.26 Å². The van der Waals surface area contributed by atoms with Crippen molar-refractivity contribution in [3.05, 3.63) is 125 Å². The molecule has 232 valence electrons. The molecule has 1 aromatic carbocycles. The summed E-state index contributed by atoms with van der Waals surface area (Å²) in [5.74, 6) is 0.187. The molecule has 5 aromatic heterocycles. The maximum atomic E-state index is 13.6. The Morgan fingerprint density at radius 2 is 1.77 bits per heavy atom. The monoisotopic (exact) mass is 625 g/mol. The average molecular weight is 626 g/mol. The first-order valence-electron chi connectivity index (χ1n) is 15.1. The highest BCUT2D eigenvalue weighted by molar-refractivity contribution is 5.90. The second-order valence-electron chi connectivity index (χ2n) is 11.4. The van der Waals surface area contributed by atoms with Crippen molar-refractivity contribution in [1.82, 2.24) is 29.2 Å². The minimum atomic E-state index is -0.464. The van der Waals surface area contributed by atoms with E-state index in [0.717, 1.165) is 60.4 Å². The summed E-state index contributed by atoms with van der Waals surface area (Å²) in [7, 11) is 0. The Morgan fingerprint density at radius 3 is 2.51 bits per heavy atom. The van der Waals surface area contributed by atoms with E-state index in [1.54, 1.807) is 30.5 Å². The van der Waals surface area contributed by atoms with Crippen LogP contribution in [-0.2, 0) is 6.54 Å². The fourth-order valence-corrected chi connectivity index (χ4v) is 6.08. The number of halogens is 1. The third kappa shape index (κ3) is 6.25. The molecule has 0 bridgehead atoms. The highest BCUT2D eigenvalue weighted by atomic mass is 19.1. The van der Waals surface area contributed by atoms with Gasteiger partial charge in [-0.3, -0.25) is 9.88 Å². The third-order valence-electron chi connectivity index (χ3n) is 8.37. The number of fused-ring (bicyclic) bond motifs is 1. The fraction of sp³-hybridized carbons (Fsp3) is 0.171. The van der Waals surface area contributed by atoms with Crippen molar-refractivity contribution in [3.8, 4) is 39.7 Å². The molecule has 6 heterocycles. The van der Waals surface area contributed by atoms with E-state index in [2.05, 4.69) is 42.3 Å². The molecule has 6 aromatic rings. The topological polar surface area (TPSA) is 138 Å². The zero-order valence-electron chi connectivity index (χ0n) is 25.1. The molecule has 1 aliphatic heterocycles. The van der Waals surface area contributed by atoms with Crippen LogP contribution in [0.15, 0.2) is 97.6 Å². The number of aromatic nitrogens is 5. The lowest BCUT2D eigenvalue weighted by atomic mass is 10.00. The number of nitro groups is 1.